The van der Waals surface area contributed by atoms with Crippen LogP contribution in [0.25, 0.3) is 11.0 Å². The van der Waals surface area contributed by atoms with Crippen LogP contribution in [-0.2, 0) is 7.05 Å². The monoisotopic (exact) mass is 149 g/mol. The van der Waals surface area contributed by atoms with Gasteiger partial charge in [0.1, 0.15) is 5.52 Å². The standard InChI is InChI=1S/C6H7N5/c1-11-3-8-5-4(11)2-9-10-6(5)7/h2-3H,1H3,(H2,7,10). The maximum Gasteiger partial charge on any atom is 0.174 e. The lowest BCUT2D eigenvalue weighted by Gasteiger charge is -1.92. The molecule has 0 bridgehead atoms. The Bertz CT molecular complexity index is 391. The topological polar surface area (TPSA) is 69.6 Å². The summed E-state index contributed by atoms with van der Waals surface area (Å²) in [5.74, 6) is 0.378. The predicted octanol–water partition coefficient (Wildman–Crippen LogP) is -0.0545. The normalized spacial score (nSPS) is 10.6. The van der Waals surface area contributed by atoms with Crippen molar-refractivity contribution < 1.29 is 0 Å². The summed E-state index contributed by atoms with van der Waals surface area (Å²) in [6, 6.07) is 0. The first-order valence-electron chi connectivity index (χ1n) is 3.17. The van der Waals surface area contributed by atoms with Crippen molar-refractivity contribution in [1.82, 2.24) is 19.7 Å². The van der Waals surface area contributed by atoms with Gasteiger partial charge in [-0.25, -0.2) is 4.98 Å². The number of nitrogens with two attached hydrogens (primary N) is 1. The SMILES string of the molecule is Cn1cnc2c(N)nncc21. The van der Waals surface area contributed by atoms with Gasteiger partial charge >= 0.3 is 0 Å². The largest absolute Gasteiger partial charge is 0.380 e. The number of imidazole rings is 1. The van der Waals surface area contributed by atoms with Crippen LogP contribution in [0.5, 0.6) is 0 Å². The summed E-state index contributed by atoms with van der Waals surface area (Å²) >= 11 is 0. The van der Waals surface area contributed by atoms with Crippen LogP contribution in [0.15, 0.2) is 12.5 Å². The average Bonchev–Trinajstić information content (AvgIpc) is 2.35. The predicted molar refractivity (Wildman–Crippen MR) is 40.7 cm³/mol. The van der Waals surface area contributed by atoms with E-state index in [1.807, 2.05) is 11.6 Å². The zero-order chi connectivity index (χ0) is 7.84. The molecule has 5 nitrogen and oxygen atoms in total. The highest BCUT2D eigenvalue weighted by Gasteiger charge is 2.02. The Morgan fingerprint density at radius 2 is 2.36 bits per heavy atom. The zero-order valence-electron chi connectivity index (χ0n) is 6.02. The molecule has 0 unspecified atom stereocenters. The van der Waals surface area contributed by atoms with Crippen molar-refractivity contribution in [3.63, 3.8) is 0 Å². The first-order valence-corrected chi connectivity index (χ1v) is 3.17. The molecule has 2 N–H and O–H groups in total. The zero-order valence-corrected chi connectivity index (χ0v) is 6.02. The van der Waals surface area contributed by atoms with E-state index in [4.69, 9.17) is 5.73 Å². The number of aromatic nitrogens is 4. The smallest absolute Gasteiger partial charge is 0.174 e. The van der Waals surface area contributed by atoms with E-state index in [2.05, 4.69) is 15.2 Å². The van der Waals surface area contributed by atoms with Crippen LogP contribution < -0.4 is 5.73 Å². The Labute approximate surface area is 62.9 Å². The highest BCUT2D eigenvalue weighted by Crippen LogP contribution is 2.13. The third-order valence-electron chi connectivity index (χ3n) is 1.57. The minimum Gasteiger partial charge on any atom is -0.380 e. The molecule has 2 rings (SSSR count). The molecule has 0 fully saturated rings. The van der Waals surface area contributed by atoms with Gasteiger partial charge in [0.15, 0.2) is 5.82 Å². The number of fused-ring (bicyclic) bond motifs is 1. The maximum atomic E-state index is 5.52. The van der Waals surface area contributed by atoms with Gasteiger partial charge in [-0.1, -0.05) is 0 Å². The van der Waals surface area contributed by atoms with Crippen LogP contribution in [0.2, 0.25) is 0 Å². The minimum absolute atomic E-state index is 0.378. The third-order valence-corrected chi connectivity index (χ3v) is 1.57. The Kier molecular flexibility index (Phi) is 1.06. The van der Waals surface area contributed by atoms with Crippen molar-refractivity contribution in [2.24, 2.45) is 7.05 Å². The fraction of sp³-hybridized carbons (Fsp3) is 0.167. The summed E-state index contributed by atoms with van der Waals surface area (Å²) in [6.45, 7) is 0. The quantitative estimate of drug-likeness (QED) is 0.570. The second kappa shape index (κ2) is 1.91. The Morgan fingerprint density at radius 1 is 1.55 bits per heavy atom. The summed E-state index contributed by atoms with van der Waals surface area (Å²) in [7, 11) is 1.89. The Hall–Kier alpha value is -1.65. The van der Waals surface area contributed by atoms with E-state index in [0.717, 1.165) is 5.52 Å². The molecule has 0 radical (unpaired) electrons. The van der Waals surface area contributed by atoms with Crippen LogP contribution in [0.1, 0.15) is 0 Å². The Balaban J connectivity index is 2.94. The number of nitrogens with zero attached hydrogens (tertiary/aromatic N) is 4. The molecule has 56 valence electrons. The lowest BCUT2D eigenvalue weighted by atomic mass is 10.4. The molecular weight excluding hydrogens is 142 g/mol. The van der Waals surface area contributed by atoms with Gasteiger partial charge < -0.3 is 10.3 Å². The molecule has 11 heavy (non-hydrogen) atoms. The number of anilines is 1. The number of hydrogen-bond donors (Lipinski definition) is 1. The van der Waals surface area contributed by atoms with E-state index in [9.17, 15) is 0 Å². The number of nitrogen functional groups attached to an aromatic ring is 1. The van der Waals surface area contributed by atoms with E-state index in [1.165, 1.54) is 0 Å². The summed E-state index contributed by atoms with van der Waals surface area (Å²) < 4.78 is 1.85. The van der Waals surface area contributed by atoms with Crippen LogP contribution in [0, 0.1) is 0 Å². The fourth-order valence-electron chi connectivity index (χ4n) is 0.982. The molecule has 0 saturated carbocycles. The Morgan fingerprint density at radius 3 is 3.09 bits per heavy atom. The molecule has 0 aliphatic rings. The third kappa shape index (κ3) is 0.739. The molecule has 2 heterocycles. The number of hydrogen-bond acceptors (Lipinski definition) is 4. The lowest BCUT2D eigenvalue weighted by Crippen LogP contribution is -1.94. The molecule has 0 aliphatic heterocycles. The summed E-state index contributed by atoms with van der Waals surface area (Å²) in [5, 5.41) is 7.38. The van der Waals surface area contributed by atoms with Gasteiger partial charge in [-0.15, -0.1) is 5.10 Å². The van der Waals surface area contributed by atoms with E-state index in [-0.39, 0.29) is 0 Å². The van der Waals surface area contributed by atoms with Crippen molar-refractivity contribution in [3.8, 4) is 0 Å². The van der Waals surface area contributed by atoms with E-state index in [0.29, 0.717) is 11.3 Å². The van der Waals surface area contributed by atoms with Crippen LogP contribution in [0.4, 0.5) is 5.82 Å². The van der Waals surface area contributed by atoms with Crippen molar-refractivity contribution in [3.05, 3.63) is 12.5 Å². The van der Waals surface area contributed by atoms with Gasteiger partial charge in [0.25, 0.3) is 0 Å². The van der Waals surface area contributed by atoms with Crippen LogP contribution in [-0.4, -0.2) is 19.7 Å². The van der Waals surface area contributed by atoms with E-state index in [1.54, 1.807) is 12.5 Å². The molecular formula is C6H7N5. The highest BCUT2D eigenvalue weighted by atomic mass is 15.2. The van der Waals surface area contributed by atoms with E-state index < -0.39 is 0 Å². The second-order valence-corrected chi connectivity index (χ2v) is 2.32. The van der Waals surface area contributed by atoms with E-state index >= 15 is 0 Å². The molecule has 5 heteroatoms. The van der Waals surface area contributed by atoms with Gasteiger partial charge in [0.05, 0.1) is 18.0 Å². The molecule has 0 aromatic carbocycles. The van der Waals surface area contributed by atoms with Crippen molar-refractivity contribution in [1.29, 1.82) is 0 Å². The molecule has 0 atom stereocenters. The van der Waals surface area contributed by atoms with Gasteiger partial charge in [0, 0.05) is 7.05 Å². The van der Waals surface area contributed by atoms with Crippen LogP contribution in [0.3, 0.4) is 0 Å². The fourth-order valence-corrected chi connectivity index (χ4v) is 0.982. The minimum atomic E-state index is 0.378. The molecule has 0 aliphatic carbocycles. The molecule has 2 aromatic heterocycles. The van der Waals surface area contributed by atoms with Crippen molar-refractivity contribution in [2.75, 3.05) is 5.73 Å². The van der Waals surface area contributed by atoms with Gasteiger partial charge in [0.2, 0.25) is 0 Å². The van der Waals surface area contributed by atoms with Crippen LogP contribution >= 0.6 is 0 Å². The lowest BCUT2D eigenvalue weighted by molar-refractivity contribution is 0.939. The average molecular weight is 149 g/mol. The second-order valence-electron chi connectivity index (χ2n) is 2.32. The number of rotatable bonds is 0. The summed E-state index contributed by atoms with van der Waals surface area (Å²) in [4.78, 5) is 4.05. The van der Waals surface area contributed by atoms with Gasteiger partial charge in [-0.05, 0) is 0 Å². The van der Waals surface area contributed by atoms with Crippen molar-refractivity contribution in [2.45, 2.75) is 0 Å². The first-order chi connectivity index (χ1) is 5.29. The highest BCUT2D eigenvalue weighted by molar-refractivity contribution is 5.83. The maximum absolute atomic E-state index is 5.52. The number of aryl methyl sites for hydroxylation is 1. The molecule has 0 amide bonds. The van der Waals surface area contributed by atoms with Gasteiger partial charge in [-0.2, -0.15) is 5.10 Å². The van der Waals surface area contributed by atoms with Crippen molar-refractivity contribution >= 4 is 16.9 Å². The summed E-state index contributed by atoms with van der Waals surface area (Å²) in [5.41, 5.74) is 7.13. The molecule has 2 aromatic rings. The molecule has 0 spiro atoms. The first kappa shape index (κ1) is 6.09. The van der Waals surface area contributed by atoms with Gasteiger partial charge in [-0.3, -0.25) is 0 Å². The summed E-state index contributed by atoms with van der Waals surface area (Å²) in [6.07, 6.45) is 3.32. The molecule has 0 saturated heterocycles.